The molecule has 0 radical (unpaired) electrons. The molecule has 1 aliphatic rings. The third-order valence-electron chi connectivity index (χ3n) is 1.64. The molecule has 1 aliphatic heterocycles. The van der Waals surface area contributed by atoms with Crippen molar-refractivity contribution in [1.82, 2.24) is 0 Å². The lowest BCUT2D eigenvalue weighted by molar-refractivity contribution is 0.587. The van der Waals surface area contributed by atoms with E-state index in [9.17, 15) is 0 Å². The molecule has 0 saturated carbocycles. The molecule has 1 heterocycles. The van der Waals surface area contributed by atoms with Crippen LogP contribution in [0.15, 0.2) is 4.99 Å². The van der Waals surface area contributed by atoms with Crippen LogP contribution in [-0.4, -0.2) is 17.0 Å². The van der Waals surface area contributed by atoms with Gasteiger partial charge in [0.2, 0.25) is 0 Å². The Hall–Kier alpha value is -0.180. The van der Waals surface area contributed by atoms with Crippen LogP contribution < -0.4 is 5.73 Å². The van der Waals surface area contributed by atoms with Gasteiger partial charge in [0, 0.05) is 11.8 Å². The van der Waals surface area contributed by atoms with Crippen molar-refractivity contribution in [2.45, 2.75) is 19.1 Å². The standard InChI is InChI=1S/C6H12N2S/c1-4-3-8-6(7)9-5(4)2/h4-5H,3H2,1-2H3,(H2,7,8)/t4-,5+/m1/s1. The maximum atomic E-state index is 5.50. The number of amidine groups is 1. The highest BCUT2D eigenvalue weighted by atomic mass is 32.2. The van der Waals surface area contributed by atoms with Crippen molar-refractivity contribution in [2.24, 2.45) is 16.6 Å². The zero-order valence-corrected chi connectivity index (χ0v) is 6.61. The van der Waals surface area contributed by atoms with Crippen LogP contribution >= 0.6 is 11.8 Å². The number of thioether (sulfide) groups is 1. The second kappa shape index (κ2) is 2.60. The van der Waals surface area contributed by atoms with E-state index >= 15 is 0 Å². The minimum atomic E-state index is 0.641. The molecule has 0 saturated heterocycles. The van der Waals surface area contributed by atoms with Gasteiger partial charge < -0.3 is 5.73 Å². The Labute approximate surface area is 59.9 Å². The first kappa shape index (κ1) is 6.93. The van der Waals surface area contributed by atoms with E-state index in [-0.39, 0.29) is 0 Å². The van der Waals surface area contributed by atoms with Gasteiger partial charge in [-0.25, -0.2) is 0 Å². The second-order valence-electron chi connectivity index (χ2n) is 2.48. The smallest absolute Gasteiger partial charge is 0.154 e. The zero-order valence-electron chi connectivity index (χ0n) is 5.79. The molecule has 2 nitrogen and oxygen atoms in total. The van der Waals surface area contributed by atoms with Crippen LogP contribution in [0.4, 0.5) is 0 Å². The molecule has 52 valence electrons. The molecule has 9 heavy (non-hydrogen) atoms. The van der Waals surface area contributed by atoms with E-state index in [1.165, 1.54) is 0 Å². The highest BCUT2D eigenvalue weighted by molar-refractivity contribution is 8.14. The van der Waals surface area contributed by atoms with Gasteiger partial charge >= 0.3 is 0 Å². The van der Waals surface area contributed by atoms with Crippen LogP contribution in [-0.2, 0) is 0 Å². The van der Waals surface area contributed by atoms with Gasteiger partial charge in [0.25, 0.3) is 0 Å². The summed E-state index contributed by atoms with van der Waals surface area (Å²) in [7, 11) is 0. The fraction of sp³-hybridized carbons (Fsp3) is 0.833. The van der Waals surface area contributed by atoms with Crippen molar-refractivity contribution in [3.63, 3.8) is 0 Å². The van der Waals surface area contributed by atoms with Crippen LogP contribution in [0.3, 0.4) is 0 Å². The summed E-state index contributed by atoms with van der Waals surface area (Å²) in [5.41, 5.74) is 5.50. The van der Waals surface area contributed by atoms with Gasteiger partial charge in [-0.3, -0.25) is 4.99 Å². The summed E-state index contributed by atoms with van der Waals surface area (Å²) >= 11 is 1.68. The van der Waals surface area contributed by atoms with Gasteiger partial charge in [0.15, 0.2) is 5.17 Å². The minimum absolute atomic E-state index is 0.641. The van der Waals surface area contributed by atoms with E-state index in [2.05, 4.69) is 18.8 Å². The van der Waals surface area contributed by atoms with E-state index in [0.717, 1.165) is 11.7 Å². The molecule has 0 aromatic rings. The first-order valence-corrected chi connectivity index (χ1v) is 4.04. The molecule has 0 unspecified atom stereocenters. The summed E-state index contributed by atoms with van der Waals surface area (Å²) in [5.74, 6) is 0.683. The number of rotatable bonds is 0. The normalized spacial score (nSPS) is 36.0. The average Bonchev–Trinajstić information content (AvgIpc) is 1.80. The first-order valence-electron chi connectivity index (χ1n) is 3.16. The monoisotopic (exact) mass is 144 g/mol. The van der Waals surface area contributed by atoms with Crippen molar-refractivity contribution in [3.05, 3.63) is 0 Å². The lowest BCUT2D eigenvalue weighted by Crippen LogP contribution is -2.25. The molecule has 0 bridgehead atoms. The Kier molecular flexibility index (Phi) is 2.01. The van der Waals surface area contributed by atoms with E-state index in [0.29, 0.717) is 11.2 Å². The van der Waals surface area contributed by atoms with E-state index in [1.54, 1.807) is 11.8 Å². The maximum Gasteiger partial charge on any atom is 0.154 e. The Morgan fingerprint density at radius 3 is 2.78 bits per heavy atom. The lowest BCUT2D eigenvalue weighted by atomic mass is 10.1. The maximum absolute atomic E-state index is 5.50. The molecular formula is C6H12N2S. The molecule has 2 atom stereocenters. The Bertz CT molecular complexity index is 133. The number of hydrogen-bond donors (Lipinski definition) is 1. The van der Waals surface area contributed by atoms with Crippen molar-refractivity contribution >= 4 is 16.9 Å². The fourth-order valence-corrected chi connectivity index (χ4v) is 1.57. The summed E-state index contributed by atoms with van der Waals surface area (Å²) < 4.78 is 0. The minimum Gasteiger partial charge on any atom is -0.379 e. The van der Waals surface area contributed by atoms with Gasteiger partial charge in [-0.05, 0) is 5.92 Å². The van der Waals surface area contributed by atoms with E-state index in [4.69, 9.17) is 5.73 Å². The van der Waals surface area contributed by atoms with Crippen LogP contribution in [0, 0.1) is 5.92 Å². The Balaban J connectivity index is 2.54. The van der Waals surface area contributed by atoms with Gasteiger partial charge in [-0.2, -0.15) is 0 Å². The molecule has 0 aromatic carbocycles. The van der Waals surface area contributed by atoms with Gasteiger partial charge in [0.05, 0.1) is 0 Å². The molecule has 1 rings (SSSR count). The quantitative estimate of drug-likeness (QED) is 0.552. The van der Waals surface area contributed by atoms with Gasteiger partial charge in [-0.15, -0.1) is 0 Å². The summed E-state index contributed by atoms with van der Waals surface area (Å²) in [6.45, 7) is 5.30. The van der Waals surface area contributed by atoms with Crippen molar-refractivity contribution in [2.75, 3.05) is 6.54 Å². The summed E-state index contributed by atoms with van der Waals surface area (Å²) in [6.07, 6.45) is 0. The topological polar surface area (TPSA) is 38.4 Å². The second-order valence-corrected chi connectivity index (χ2v) is 3.88. The van der Waals surface area contributed by atoms with E-state index in [1.807, 2.05) is 0 Å². The molecule has 0 aliphatic carbocycles. The molecule has 0 spiro atoms. The SMILES string of the molecule is C[C@@H]1CN=C(N)S[C@H]1C. The van der Waals surface area contributed by atoms with E-state index < -0.39 is 0 Å². The Morgan fingerprint density at radius 1 is 1.67 bits per heavy atom. The zero-order chi connectivity index (χ0) is 6.85. The van der Waals surface area contributed by atoms with Crippen LogP contribution in [0.25, 0.3) is 0 Å². The molecule has 3 heteroatoms. The number of aliphatic imine (C=N–C) groups is 1. The first-order chi connectivity index (χ1) is 4.20. The molecule has 2 N–H and O–H groups in total. The highest BCUT2D eigenvalue weighted by Crippen LogP contribution is 2.23. The highest BCUT2D eigenvalue weighted by Gasteiger charge is 2.17. The predicted molar refractivity (Wildman–Crippen MR) is 42.7 cm³/mol. The van der Waals surface area contributed by atoms with Crippen molar-refractivity contribution in [3.8, 4) is 0 Å². The molecule has 0 fully saturated rings. The molecule has 0 amide bonds. The third kappa shape index (κ3) is 1.61. The molecular weight excluding hydrogens is 132 g/mol. The number of hydrogen-bond acceptors (Lipinski definition) is 3. The molecule has 0 aromatic heterocycles. The number of nitrogens with zero attached hydrogens (tertiary/aromatic N) is 1. The lowest BCUT2D eigenvalue weighted by Gasteiger charge is -2.21. The number of nitrogens with two attached hydrogens (primary N) is 1. The summed E-state index contributed by atoms with van der Waals surface area (Å²) in [6, 6.07) is 0. The van der Waals surface area contributed by atoms with Crippen molar-refractivity contribution in [1.29, 1.82) is 0 Å². The fourth-order valence-electron chi connectivity index (χ4n) is 0.726. The predicted octanol–water partition coefficient (Wildman–Crippen LogP) is 1.07. The largest absolute Gasteiger partial charge is 0.379 e. The summed E-state index contributed by atoms with van der Waals surface area (Å²) in [4.78, 5) is 4.12. The summed E-state index contributed by atoms with van der Waals surface area (Å²) in [5, 5.41) is 1.39. The van der Waals surface area contributed by atoms with Crippen LogP contribution in [0.1, 0.15) is 13.8 Å². The Morgan fingerprint density at radius 2 is 2.33 bits per heavy atom. The third-order valence-corrected chi connectivity index (χ3v) is 2.85. The van der Waals surface area contributed by atoms with Crippen LogP contribution in [0.5, 0.6) is 0 Å². The average molecular weight is 144 g/mol. The van der Waals surface area contributed by atoms with Gasteiger partial charge in [-0.1, -0.05) is 25.6 Å². The van der Waals surface area contributed by atoms with Crippen molar-refractivity contribution < 1.29 is 0 Å². The van der Waals surface area contributed by atoms with Crippen LogP contribution in [0.2, 0.25) is 0 Å². The van der Waals surface area contributed by atoms with Gasteiger partial charge in [0.1, 0.15) is 0 Å².